The van der Waals surface area contributed by atoms with Gasteiger partial charge in [-0.3, -0.25) is 4.79 Å². The number of carbonyl (C=O) groups is 1. The van der Waals surface area contributed by atoms with E-state index < -0.39 is 0 Å². The molecule has 0 saturated heterocycles. The molecule has 0 amide bonds. The highest BCUT2D eigenvalue weighted by atomic mass is 16.5. The maximum atomic E-state index is 11.3. The average Bonchev–Trinajstić information content (AvgIpc) is 2.28. The molecule has 0 bridgehead atoms. The van der Waals surface area contributed by atoms with Crippen LogP contribution in [0.2, 0.25) is 0 Å². The summed E-state index contributed by atoms with van der Waals surface area (Å²) in [5.74, 6) is -0.195. The molecule has 0 aliphatic heterocycles. The predicted molar refractivity (Wildman–Crippen MR) is 78.4 cm³/mol. The van der Waals surface area contributed by atoms with Crippen molar-refractivity contribution in [2.24, 2.45) is 0 Å². The summed E-state index contributed by atoms with van der Waals surface area (Å²) in [5.41, 5.74) is 3.87. The van der Waals surface area contributed by atoms with Crippen LogP contribution in [-0.4, -0.2) is 25.7 Å². The lowest BCUT2D eigenvalue weighted by Gasteiger charge is -2.27. The van der Waals surface area contributed by atoms with Gasteiger partial charge in [-0.25, -0.2) is 0 Å². The number of benzene rings is 1. The summed E-state index contributed by atoms with van der Waals surface area (Å²) in [6, 6.07) is 6.51. The van der Waals surface area contributed by atoms with E-state index in [1.165, 1.54) is 16.7 Å². The van der Waals surface area contributed by atoms with Crippen molar-refractivity contribution in [1.29, 1.82) is 0 Å². The Hall–Kier alpha value is -1.35. The second-order valence-electron chi connectivity index (χ2n) is 5.61. The summed E-state index contributed by atoms with van der Waals surface area (Å²) in [7, 11) is 0. The van der Waals surface area contributed by atoms with E-state index in [0.717, 1.165) is 6.54 Å². The molecule has 3 heteroatoms. The molecule has 19 heavy (non-hydrogen) atoms. The number of rotatable bonds is 6. The number of aryl methyl sites for hydroxylation is 2. The Kier molecular flexibility index (Phi) is 5.55. The first-order valence-electron chi connectivity index (χ1n) is 6.81. The highest BCUT2D eigenvalue weighted by Gasteiger charge is 2.22. The first-order chi connectivity index (χ1) is 8.86. The molecule has 3 nitrogen and oxygen atoms in total. The van der Waals surface area contributed by atoms with Crippen molar-refractivity contribution in [2.45, 2.75) is 40.0 Å². The molecule has 1 aromatic rings. The van der Waals surface area contributed by atoms with Crippen molar-refractivity contribution in [3.8, 4) is 0 Å². The normalized spacial score (nSPS) is 11.4. The van der Waals surface area contributed by atoms with Crippen LogP contribution < -0.4 is 5.32 Å². The van der Waals surface area contributed by atoms with Gasteiger partial charge in [0, 0.05) is 12.0 Å². The minimum absolute atomic E-state index is 0.00964. The van der Waals surface area contributed by atoms with Crippen LogP contribution in [0.4, 0.5) is 0 Å². The van der Waals surface area contributed by atoms with Crippen molar-refractivity contribution in [1.82, 2.24) is 5.32 Å². The molecular weight excluding hydrogens is 238 g/mol. The fourth-order valence-electron chi connectivity index (χ4n) is 2.36. The third-order valence-corrected chi connectivity index (χ3v) is 3.25. The second kappa shape index (κ2) is 6.71. The molecule has 1 rings (SSSR count). The van der Waals surface area contributed by atoms with Crippen molar-refractivity contribution in [3.05, 3.63) is 34.9 Å². The summed E-state index contributed by atoms with van der Waals surface area (Å²) in [4.78, 5) is 11.3. The Bertz CT molecular complexity index is 438. The molecule has 0 spiro atoms. The van der Waals surface area contributed by atoms with E-state index in [2.05, 4.69) is 51.2 Å². The maximum Gasteiger partial charge on any atom is 0.319 e. The third-order valence-electron chi connectivity index (χ3n) is 3.25. The lowest BCUT2D eigenvalue weighted by molar-refractivity contribution is -0.142. The zero-order chi connectivity index (χ0) is 14.5. The number of hydrogen-bond acceptors (Lipinski definition) is 3. The Balaban J connectivity index is 2.62. The molecular formula is C16H25NO2. The number of esters is 1. The molecule has 106 valence electrons. The van der Waals surface area contributed by atoms with E-state index in [9.17, 15) is 4.79 Å². The summed E-state index contributed by atoms with van der Waals surface area (Å²) >= 11 is 0. The van der Waals surface area contributed by atoms with Crippen LogP contribution in [-0.2, 0) is 14.9 Å². The summed E-state index contributed by atoms with van der Waals surface area (Å²) < 4.78 is 4.90. The number of nitrogens with one attached hydrogen (secondary N) is 1. The smallest absolute Gasteiger partial charge is 0.319 e. The highest BCUT2D eigenvalue weighted by Crippen LogP contribution is 2.26. The van der Waals surface area contributed by atoms with Crippen LogP contribution in [0.3, 0.4) is 0 Å². The fourth-order valence-corrected chi connectivity index (χ4v) is 2.36. The van der Waals surface area contributed by atoms with Gasteiger partial charge in [0.15, 0.2) is 0 Å². The summed E-state index contributed by atoms with van der Waals surface area (Å²) in [6.07, 6.45) is 0. The number of carbonyl (C=O) groups excluding carboxylic acids is 1. The first kappa shape index (κ1) is 15.7. The molecule has 0 radical (unpaired) electrons. The van der Waals surface area contributed by atoms with Crippen LogP contribution in [0, 0.1) is 13.8 Å². The topological polar surface area (TPSA) is 38.3 Å². The van der Waals surface area contributed by atoms with Gasteiger partial charge in [-0.1, -0.05) is 37.6 Å². The third kappa shape index (κ3) is 4.67. The lowest BCUT2D eigenvalue weighted by Crippen LogP contribution is -2.36. The van der Waals surface area contributed by atoms with E-state index in [4.69, 9.17) is 4.74 Å². The Labute approximate surface area is 116 Å². The van der Waals surface area contributed by atoms with Gasteiger partial charge in [0.2, 0.25) is 0 Å². The summed E-state index contributed by atoms with van der Waals surface area (Å²) in [6.45, 7) is 11.9. The standard InChI is InChI=1S/C16H25NO2/c1-6-19-15(18)10-17-11-16(4,5)14-8-7-12(2)9-13(14)3/h7-9,17H,6,10-11H2,1-5H3. The maximum absolute atomic E-state index is 11.3. The highest BCUT2D eigenvalue weighted by molar-refractivity contribution is 5.71. The van der Waals surface area contributed by atoms with E-state index >= 15 is 0 Å². The molecule has 0 aromatic heterocycles. The molecule has 1 aromatic carbocycles. The largest absolute Gasteiger partial charge is 0.465 e. The molecule has 0 fully saturated rings. The van der Waals surface area contributed by atoms with Gasteiger partial charge in [0.25, 0.3) is 0 Å². The van der Waals surface area contributed by atoms with Gasteiger partial charge in [-0.15, -0.1) is 0 Å². The monoisotopic (exact) mass is 263 g/mol. The average molecular weight is 263 g/mol. The van der Waals surface area contributed by atoms with Crippen LogP contribution in [0.5, 0.6) is 0 Å². The van der Waals surface area contributed by atoms with Crippen LogP contribution >= 0.6 is 0 Å². The molecule has 0 heterocycles. The van der Waals surface area contributed by atoms with Gasteiger partial charge in [0.1, 0.15) is 0 Å². The molecule has 0 atom stereocenters. The number of hydrogen-bond donors (Lipinski definition) is 1. The quantitative estimate of drug-likeness (QED) is 0.802. The Morgan fingerprint density at radius 1 is 1.32 bits per heavy atom. The predicted octanol–water partition coefficient (Wildman–Crippen LogP) is 2.73. The van der Waals surface area contributed by atoms with Crippen LogP contribution in [0.25, 0.3) is 0 Å². The van der Waals surface area contributed by atoms with Crippen molar-refractivity contribution in [3.63, 3.8) is 0 Å². The van der Waals surface area contributed by atoms with E-state index in [1.54, 1.807) is 0 Å². The van der Waals surface area contributed by atoms with Crippen LogP contribution in [0.1, 0.15) is 37.5 Å². The van der Waals surface area contributed by atoms with E-state index in [-0.39, 0.29) is 17.9 Å². The van der Waals surface area contributed by atoms with Gasteiger partial charge < -0.3 is 10.1 Å². The molecule has 0 aliphatic rings. The SMILES string of the molecule is CCOC(=O)CNCC(C)(C)c1ccc(C)cc1C. The zero-order valence-corrected chi connectivity index (χ0v) is 12.7. The van der Waals surface area contributed by atoms with Gasteiger partial charge >= 0.3 is 5.97 Å². The lowest BCUT2D eigenvalue weighted by atomic mass is 9.81. The van der Waals surface area contributed by atoms with Gasteiger partial charge in [-0.05, 0) is 31.9 Å². The second-order valence-corrected chi connectivity index (χ2v) is 5.61. The van der Waals surface area contributed by atoms with Gasteiger partial charge in [-0.2, -0.15) is 0 Å². The van der Waals surface area contributed by atoms with Gasteiger partial charge in [0.05, 0.1) is 13.2 Å². The minimum atomic E-state index is -0.195. The minimum Gasteiger partial charge on any atom is -0.465 e. The van der Waals surface area contributed by atoms with Crippen LogP contribution in [0.15, 0.2) is 18.2 Å². The first-order valence-corrected chi connectivity index (χ1v) is 6.81. The molecule has 0 unspecified atom stereocenters. The number of ether oxygens (including phenoxy) is 1. The Morgan fingerprint density at radius 2 is 2.00 bits per heavy atom. The Morgan fingerprint density at radius 3 is 2.58 bits per heavy atom. The van der Waals surface area contributed by atoms with Crippen molar-refractivity contribution >= 4 is 5.97 Å². The molecule has 1 N–H and O–H groups in total. The van der Waals surface area contributed by atoms with Crippen molar-refractivity contribution < 1.29 is 9.53 Å². The molecule has 0 saturated carbocycles. The van der Waals surface area contributed by atoms with E-state index in [0.29, 0.717) is 6.61 Å². The summed E-state index contributed by atoms with van der Waals surface area (Å²) in [5, 5.41) is 3.18. The fraction of sp³-hybridized carbons (Fsp3) is 0.562. The van der Waals surface area contributed by atoms with Crippen molar-refractivity contribution in [2.75, 3.05) is 19.7 Å². The molecule has 0 aliphatic carbocycles. The zero-order valence-electron chi connectivity index (χ0n) is 12.7. The van der Waals surface area contributed by atoms with E-state index in [1.807, 2.05) is 6.92 Å².